The number of rotatable bonds is 4. The van der Waals surface area contributed by atoms with E-state index in [0.29, 0.717) is 11.0 Å². The summed E-state index contributed by atoms with van der Waals surface area (Å²) in [7, 11) is 0. The first-order chi connectivity index (χ1) is 14.3. The summed E-state index contributed by atoms with van der Waals surface area (Å²) in [5, 5.41) is 8.92. The van der Waals surface area contributed by atoms with Crippen LogP contribution in [-0.4, -0.2) is 33.7 Å². The Bertz CT molecular complexity index is 1020. The van der Waals surface area contributed by atoms with Gasteiger partial charge in [0.25, 0.3) is 0 Å². The molecule has 2 atom stereocenters. The van der Waals surface area contributed by atoms with Crippen molar-refractivity contribution >= 4 is 29.4 Å². The largest absolute Gasteiger partial charge is 1.00 e. The van der Waals surface area contributed by atoms with Crippen LogP contribution in [0.25, 0.3) is 10.4 Å². The molecule has 30 heavy (non-hydrogen) atoms. The molecule has 8 heteroatoms. The quantitative estimate of drug-likeness (QED) is 0.349. The molecule has 1 aliphatic heterocycles. The molecular formula is C22H19N4NaOS2. The molecule has 5 nitrogen and oxygen atoms in total. The molecule has 2 fully saturated rings. The number of thiazole rings is 1. The number of piperidine rings is 1. The fourth-order valence-electron chi connectivity index (χ4n) is 3.76. The maximum atomic E-state index is 10.6. The van der Waals surface area contributed by atoms with Gasteiger partial charge in [-0.2, -0.15) is 16.6 Å². The molecule has 2 unspecified atom stereocenters. The summed E-state index contributed by atoms with van der Waals surface area (Å²) in [5.74, 6) is 0.856. The molecule has 0 N–H and O–H groups in total. The van der Waals surface area contributed by atoms with E-state index < -0.39 is 0 Å². The molecule has 2 bridgehead atoms. The zero-order chi connectivity index (χ0) is 20.1. The summed E-state index contributed by atoms with van der Waals surface area (Å²) >= 11 is 2.99. The molecule has 0 radical (unpaired) electrons. The molecule has 5 rings (SSSR count). The Hall–Kier alpha value is -1.69. The molecule has 1 saturated carbocycles. The van der Waals surface area contributed by atoms with Gasteiger partial charge < -0.3 is 9.69 Å². The molecule has 2 aliphatic rings. The average molecular weight is 443 g/mol. The predicted octanol–water partition coefficient (Wildman–Crippen LogP) is 1.77. The van der Waals surface area contributed by atoms with Gasteiger partial charge in [0.05, 0.1) is 4.88 Å². The van der Waals surface area contributed by atoms with Crippen LogP contribution in [0, 0.1) is 17.4 Å². The maximum Gasteiger partial charge on any atom is 1.00 e. The Labute approximate surface area is 206 Å². The number of hydrogen-bond donors (Lipinski definition) is 0. The minimum Gasteiger partial charge on any atom is -0.535 e. The Morgan fingerprint density at radius 2 is 2.03 bits per heavy atom. The average Bonchev–Trinajstić information content (AvgIpc) is 3.52. The van der Waals surface area contributed by atoms with Crippen molar-refractivity contribution in [3.05, 3.63) is 60.0 Å². The van der Waals surface area contributed by atoms with Crippen LogP contribution in [0.1, 0.15) is 24.3 Å². The minimum absolute atomic E-state index is 0. The van der Waals surface area contributed by atoms with Crippen LogP contribution < -0.4 is 29.6 Å². The number of fused-ring (bicyclic) bond motifs is 2. The van der Waals surface area contributed by atoms with Crippen molar-refractivity contribution in [2.24, 2.45) is 5.92 Å². The summed E-state index contributed by atoms with van der Waals surface area (Å²) < 4.78 is 0. The topological polar surface area (TPSA) is 69.9 Å². The standard InChI is InChI=1S/C15H9N2OS2.C7H10N2.Na/c18-10-15-17-9-14(20-15)12-8-16-7-6-13(12)19-11-4-2-1-3-5-11;8-5-9-4-6-1-2-7(9)3-6;/h1-9H;6-7H,1-4H2;/q-1;;+1. The zero-order valence-electron chi connectivity index (χ0n) is 16.7. The van der Waals surface area contributed by atoms with E-state index in [-0.39, 0.29) is 29.6 Å². The van der Waals surface area contributed by atoms with Gasteiger partial charge >= 0.3 is 29.6 Å². The number of carbonyl (C=O) groups excluding carboxylic acids is 1. The molecule has 0 amide bonds. The second-order valence-corrected chi connectivity index (χ2v) is 9.15. The number of pyridine rings is 1. The molecule has 1 saturated heterocycles. The van der Waals surface area contributed by atoms with E-state index in [2.05, 4.69) is 28.3 Å². The van der Waals surface area contributed by atoms with E-state index in [1.807, 2.05) is 35.5 Å². The first-order valence-corrected chi connectivity index (χ1v) is 11.1. The van der Waals surface area contributed by atoms with Gasteiger partial charge in [-0.1, -0.05) is 30.0 Å². The van der Waals surface area contributed by atoms with Crippen LogP contribution in [0.15, 0.2) is 64.8 Å². The number of hydrogen-bond acceptors (Lipinski definition) is 7. The van der Waals surface area contributed by atoms with Crippen LogP contribution in [0.3, 0.4) is 0 Å². The summed E-state index contributed by atoms with van der Waals surface area (Å²) in [4.78, 5) is 23.9. The van der Waals surface area contributed by atoms with Crippen molar-refractivity contribution in [1.82, 2.24) is 14.9 Å². The third kappa shape index (κ3) is 5.51. The van der Waals surface area contributed by atoms with E-state index in [1.165, 1.54) is 30.6 Å². The molecule has 146 valence electrons. The predicted molar refractivity (Wildman–Crippen MR) is 114 cm³/mol. The van der Waals surface area contributed by atoms with Crippen molar-refractivity contribution in [2.75, 3.05) is 6.54 Å². The van der Waals surface area contributed by atoms with E-state index in [9.17, 15) is 4.79 Å². The van der Waals surface area contributed by atoms with Crippen LogP contribution in [0.4, 0.5) is 0 Å². The van der Waals surface area contributed by atoms with Crippen LogP contribution >= 0.6 is 23.1 Å². The van der Waals surface area contributed by atoms with Crippen LogP contribution in [-0.2, 0) is 4.79 Å². The van der Waals surface area contributed by atoms with Crippen molar-refractivity contribution < 1.29 is 34.4 Å². The van der Waals surface area contributed by atoms with Crippen molar-refractivity contribution in [1.29, 1.82) is 5.26 Å². The zero-order valence-corrected chi connectivity index (χ0v) is 20.3. The Morgan fingerprint density at radius 3 is 2.63 bits per heavy atom. The fourth-order valence-corrected chi connectivity index (χ4v) is 5.51. The van der Waals surface area contributed by atoms with Gasteiger partial charge in [0.15, 0.2) is 6.19 Å². The summed E-state index contributed by atoms with van der Waals surface area (Å²) in [5.41, 5.74) is 0.986. The summed E-state index contributed by atoms with van der Waals surface area (Å²) in [6, 6.07) is 12.7. The number of nitriles is 1. The third-order valence-corrected chi connectivity index (χ3v) is 7.16. The number of aromatic nitrogens is 2. The normalized spacial score (nSPS) is 18.7. The number of nitrogens with zero attached hydrogens (tertiary/aromatic N) is 4. The maximum absolute atomic E-state index is 10.6. The van der Waals surface area contributed by atoms with Crippen LogP contribution in [0.2, 0.25) is 0 Å². The van der Waals surface area contributed by atoms with Crippen molar-refractivity contribution in [2.45, 2.75) is 35.1 Å². The fraction of sp³-hybridized carbons (Fsp3) is 0.273. The van der Waals surface area contributed by atoms with Crippen molar-refractivity contribution in [3.63, 3.8) is 0 Å². The second-order valence-electron chi connectivity index (χ2n) is 7.00. The monoisotopic (exact) mass is 442 g/mol. The molecule has 3 heterocycles. The summed E-state index contributed by atoms with van der Waals surface area (Å²) in [6.45, 7) is 1.04. The van der Waals surface area contributed by atoms with E-state index >= 15 is 0 Å². The molecule has 0 spiro atoms. The molecule has 1 aromatic carbocycles. The van der Waals surface area contributed by atoms with Crippen molar-refractivity contribution in [3.8, 4) is 16.6 Å². The number of likely N-dealkylation sites (tertiary alicyclic amines) is 1. The molecule has 2 aromatic heterocycles. The van der Waals surface area contributed by atoms with E-state index in [1.54, 1.807) is 30.4 Å². The van der Waals surface area contributed by atoms with Gasteiger partial charge in [0.2, 0.25) is 0 Å². The van der Waals surface area contributed by atoms with Gasteiger partial charge in [0, 0.05) is 46.5 Å². The molecular weight excluding hydrogens is 423 g/mol. The van der Waals surface area contributed by atoms with E-state index in [0.717, 1.165) is 32.7 Å². The van der Waals surface area contributed by atoms with Gasteiger partial charge in [0.1, 0.15) is 0 Å². The first-order valence-electron chi connectivity index (χ1n) is 9.44. The summed E-state index contributed by atoms with van der Waals surface area (Å²) in [6.07, 6.45) is 13.2. The van der Waals surface area contributed by atoms with Gasteiger partial charge in [-0.25, -0.2) is 6.29 Å². The smallest absolute Gasteiger partial charge is 0.535 e. The Morgan fingerprint density at radius 1 is 1.20 bits per heavy atom. The minimum atomic E-state index is 0. The Balaban J connectivity index is 0.000000214. The van der Waals surface area contributed by atoms with Gasteiger partial charge in [-0.15, -0.1) is 0 Å². The first kappa shape index (κ1) is 23.0. The molecule has 3 aromatic rings. The van der Waals surface area contributed by atoms with E-state index in [4.69, 9.17) is 5.26 Å². The third-order valence-electron chi connectivity index (χ3n) is 5.15. The SMILES string of the molecule is N#CN1CC2CCC1C2.O=[C-]c1ncc(-c2cnccc2Sc2ccccc2)s1.[Na+]. The number of benzene rings is 1. The second kappa shape index (κ2) is 11.1. The van der Waals surface area contributed by atoms with Gasteiger partial charge in [-0.05, 0) is 48.4 Å². The Kier molecular flexibility index (Phi) is 8.49. The van der Waals surface area contributed by atoms with Gasteiger partial charge in [-0.3, -0.25) is 9.97 Å². The molecule has 1 aliphatic carbocycles. The van der Waals surface area contributed by atoms with Crippen LogP contribution in [0.5, 0.6) is 0 Å².